The van der Waals surface area contributed by atoms with Gasteiger partial charge in [-0.1, -0.05) is 29.8 Å². The minimum absolute atomic E-state index is 0.0156. The predicted molar refractivity (Wildman–Crippen MR) is 111 cm³/mol. The van der Waals surface area contributed by atoms with Crippen LogP contribution in [0.2, 0.25) is 5.02 Å². The molecule has 144 valence electrons. The van der Waals surface area contributed by atoms with Gasteiger partial charge in [0.2, 0.25) is 0 Å². The van der Waals surface area contributed by atoms with Gasteiger partial charge in [-0.15, -0.1) is 0 Å². The first-order chi connectivity index (χ1) is 13.7. The van der Waals surface area contributed by atoms with Crippen molar-refractivity contribution in [2.45, 2.75) is 25.4 Å². The Kier molecular flexibility index (Phi) is 5.74. The zero-order valence-electron chi connectivity index (χ0n) is 15.6. The summed E-state index contributed by atoms with van der Waals surface area (Å²) in [6.07, 6.45) is 7.24. The molecule has 0 spiro atoms. The molecule has 0 aliphatic carbocycles. The van der Waals surface area contributed by atoms with Crippen molar-refractivity contribution in [1.82, 2.24) is 19.8 Å². The summed E-state index contributed by atoms with van der Waals surface area (Å²) in [6.45, 7) is 2.87. The van der Waals surface area contributed by atoms with Crippen LogP contribution in [0.5, 0.6) is 0 Å². The molecule has 0 bridgehead atoms. The molecule has 1 aliphatic heterocycles. The summed E-state index contributed by atoms with van der Waals surface area (Å²) in [5.41, 5.74) is 2.88. The van der Waals surface area contributed by atoms with Crippen LogP contribution in [0.1, 0.15) is 28.8 Å². The van der Waals surface area contributed by atoms with E-state index in [2.05, 4.69) is 27.3 Å². The highest BCUT2D eigenvalue weighted by molar-refractivity contribution is 6.30. The number of rotatable bonds is 5. The van der Waals surface area contributed by atoms with Gasteiger partial charge in [0, 0.05) is 54.3 Å². The van der Waals surface area contributed by atoms with Gasteiger partial charge >= 0.3 is 0 Å². The van der Waals surface area contributed by atoms with Gasteiger partial charge in [-0.3, -0.25) is 9.69 Å². The Morgan fingerprint density at radius 3 is 2.64 bits per heavy atom. The number of likely N-dealkylation sites (tertiary alicyclic amines) is 1. The van der Waals surface area contributed by atoms with Crippen molar-refractivity contribution in [3.05, 3.63) is 83.4 Å². The second-order valence-electron chi connectivity index (χ2n) is 7.17. The Bertz CT molecular complexity index is 916. The zero-order valence-corrected chi connectivity index (χ0v) is 16.3. The molecule has 2 heterocycles. The summed E-state index contributed by atoms with van der Waals surface area (Å²) >= 11 is 5.95. The fourth-order valence-corrected chi connectivity index (χ4v) is 3.70. The molecule has 3 aromatic rings. The van der Waals surface area contributed by atoms with Crippen LogP contribution in [-0.2, 0) is 6.54 Å². The van der Waals surface area contributed by atoms with Gasteiger partial charge in [0.05, 0.1) is 6.33 Å². The van der Waals surface area contributed by atoms with Gasteiger partial charge in [0.25, 0.3) is 5.91 Å². The molecular formula is C22H23ClN4O. The number of amides is 1. The van der Waals surface area contributed by atoms with Crippen molar-refractivity contribution in [2.24, 2.45) is 0 Å². The molecule has 2 aromatic carbocycles. The Morgan fingerprint density at radius 2 is 1.93 bits per heavy atom. The standard InChI is InChI=1S/C22H23ClN4O/c23-19-6-4-17(5-7-19)15-26-11-8-20(9-12-26)25-22(28)18-2-1-3-21(14-18)27-13-10-24-16-27/h1-7,10,13-14,16,20H,8-9,11-12,15H2,(H,25,28). The van der Waals surface area contributed by atoms with E-state index in [0.29, 0.717) is 5.56 Å². The van der Waals surface area contributed by atoms with Crippen molar-refractivity contribution in [1.29, 1.82) is 0 Å². The molecule has 0 radical (unpaired) electrons. The lowest BCUT2D eigenvalue weighted by Gasteiger charge is -2.32. The number of piperidine rings is 1. The largest absolute Gasteiger partial charge is 0.349 e. The number of hydrogen-bond donors (Lipinski definition) is 1. The summed E-state index contributed by atoms with van der Waals surface area (Å²) in [5, 5.41) is 3.96. The number of carbonyl (C=O) groups is 1. The summed E-state index contributed by atoms with van der Waals surface area (Å²) in [5.74, 6) is -0.0156. The molecule has 28 heavy (non-hydrogen) atoms. The van der Waals surface area contributed by atoms with E-state index >= 15 is 0 Å². The molecule has 4 rings (SSSR count). The van der Waals surface area contributed by atoms with Crippen molar-refractivity contribution in [3.8, 4) is 5.69 Å². The first-order valence-corrected chi connectivity index (χ1v) is 9.91. The third-order valence-electron chi connectivity index (χ3n) is 5.15. The SMILES string of the molecule is O=C(NC1CCN(Cc2ccc(Cl)cc2)CC1)c1cccc(-n2ccnc2)c1. The average molecular weight is 395 g/mol. The molecule has 5 nitrogen and oxygen atoms in total. The zero-order chi connectivity index (χ0) is 19.3. The maximum atomic E-state index is 12.7. The summed E-state index contributed by atoms with van der Waals surface area (Å²) in [6, 6.07) is 15.8. The molecule has 6 heteroatoms. The Morgan fingerprint density at radius 1 is 1.14 bits per heavy atom. The van der Waals surface area contributed by atoms with Crippen molar-refractivity contribution < 1.29 is 4.79 Å². The van der Waals surface area contributed by atoms with Gasteiger partial charge in [0.1, 0.15) is 0 Å². The van der Waals surface area contributed by atoms with Gasteiger partial charge in [-0.25, -0.2) is 4.98 Å². The number of carbonyl (C=O) groups excluding carboxylic acids is 1. The van der Waals surface area contributed by atoms with E-state index in [0.717, 1.165) is 43.2 Å². The van der Waals surface area contributed by atoms with Gasteiger partial charge in [0.15, 0.2) is 0 Å². The van der Waals surface area contributed by atoms with E-state index in [1.54, 1.807) is 12.5 Å². The van der Waals surface area contributed by atoms with Gasteiger partial charge < -0.3 is 9.88 Å². The third-order valence-corrected chi connectivity index (χ3v) is 5.41. The number of hydrogen-bond acceptors (Lipinski definition) is 3. The predicted octanol–water partition coefficient (Wildman–Crippen LogP) is 3.92. The summed E-state index contributed by atoms with van der Waals surface area (Å²) < 4.78 is 1.89. The number of halogens is 1. The second kappa shape index (κ2) is 8.59. The molecular weight excluding hydrogens is 372 g/mol. The maximum absolute atomic E-state index is 12.7. The minimum atomic E-state index is -0.0156. The lowest BCUT2D eigenvalue weighted by atomic mass is 10.0. The Balaban J connectivity index is 1.30. The number of benzene rings is 2. The summed E-state index contributed by atoms with van der Waals surface area (Å²) in [4.78, 5) is 19.2. The number of imidazole rings is 1. The lowest BCUT2D eigenvalue weighted by molar-refractivity contribution is 0.0909. The van der Waals surface area contributed by atoms with E-state index in [-0.39, 0.29) is 11.9 Å². The Hall–Kier alpha value is -2.63. The smallest absolute Gasteiger partial charge is 0.251 e. The first kappa shape index (κ1) is 18.7. The second-order valence-corrected chi connectivity index (χ2v) is 7.61. The normalized spacial score (nSPS) is 15.5. The van der Waals surface area contributed by atoms with Crippen LogP contribution in [-0.4, -0.2) is 39.5 Å². The third kappa shape index (κ3) is 4.61. The van der Waals surface area contributed by atoms with E-state index in [4.69, 9.17) is 11.6 Å². The van der Waals surface area contributed by atoms with Crippen LogP contribution in [0.25, 0.3) is 5.69 Å². The fourth-order valence-electron chi connectivity index (χ4n) is 3.57. The van der Waals surface area contributed by atoms with E-state index in [1.807, 2.05) is 47.2 Å². The van der Waals surface area contributed by atoms with Crippen LogP contribution in [0.15, 0.2) is 67.3 Å². The van der Waals surface area contributed by atoms with Crippen LogP contribution in [0.3, 0.4) is 0 Å². The molecule has 1 aliphatic rings. The molecule has 0 unspecified atom stereocenters. The maximum Gasteiger partial charge on any atom is 0.251 e. The van der Waals surface area contributed by atoms with Crippen molar-refractivity contribution >= 4 is 17.5 Å². The Labute approximate surface area is 170 Å². The topological polar surface area (TPSA) is 50.2 Å². The first-order valence-electron chi connectivity index (χ1n) is 9.53. The molecule has 0 atom stereocenters. The molecule has 1 saturated heterocycles. The number of aromatic nitrogens is 2. The quantitative estimate of drug-likeness (QED) is 0.713. The average Bonchev–Trinajstić information content (AvgIpc) is 3.26. The highest BCUT2D eigenvalue weighted by Crippen LogP contribution is 2.17. The molecule has 1 aromatic heterocycles. The van der Waals surface area contributed by atoms with E-state index in [1.165, 1.54) is 5.56 Å². The molecule has 0 saturated carbocycles. The lowest BCUT2D eigenvalue weighted by Crippen LogP contribution is -2.44. The van der Waals surface area contributed by atoms with Crippen molar-refractivity contribution in [2.75, 3.05) is 13.1 Å². The van der Waals surface area contributed by atoms with Crippen LogP contribution >= 0.6 is 11.6 Å². The molecule has 1 amide bonds. The number of nitrogens with zero attached hydrogens (tertiary/aromatic N) is 3. The minimum Gasteiger partial charge on any atom is -0.349 e. The molecule has 1 N–H and O–H groups in total. The van der Waals surface area contributed by atoms with Crippen LogP contribution < -0.4 is 5.32 Å². The highest BCUT2D eigenvalue weighted by atomic mass is 35.5. The number of nitrogens with one attached hydrogen (secondary N) is 1. The monoisotopic (exact) mass is 394 g/mol. The highest BCUT2D eigenvalue weighted by Gasteiger charge is 2.21. The van der Waals surface area contributed by atoms with Crippen LogP contribution in [0, 0.1) is 0 Å². The van der Waals surface area contributed by atoms with E-state index < -0.39 is 0 Å². The van der Waals surface area contributed by atoms with Gasteiger partial charge in [-0.2, -0.15) is 0 Å². The van der Waals surface area contributed by atoms with Crippen LogP contribution in [0.4, 0.5) is 0 Å². The summed E-state index contributed by atoms with van der Waals surface area (Å²) in [7, 11) is 0. The van der Waals surface area contributed by atoms with E-state index in [9.17, 15) is 4.79 Å². The molecule has 1 fully saturated rings. The van der Waals surface area contributed by atoms with Crippen molar-refractivity contribution in [3.63, 3.8) is 0 Å². The van der Waals surface area contributed by atoms with Gasteiger partial charge in [-0.05, 0) is 48.7 Å². The fraction of sp³-hybridized carbons (Fsp3) is 0.273.